The van der Waals surface area contributed by atoms with E-state index in [9.17, 15) is 64.2 Å². The normalized spacial score (nSPS) is 22.1. The summed E-state index contributed by atoms with van der Waals surface area (Å²) in [4.78, 5) is 101. The van der Waals surface area contributed by atoms with Gasteiger partial charge in [-0.2, -0.15) is 0 Å². The maximum Gasteiger partial charge on any atom is 0.409 e. The number of carbonyl (C=O) groups excluding carboxylic acids is 7. The van der Waals surface area contributed by atoms with Crippen molar-refractivity contribution in [3.8, 4) is 29.0 Å². The van der Waals surface area contributed by atoms with Gasteiger partial charge in [-0.15, -0.1) is 11.8 Å². The SMILES string of the molecule is CCC(CC)Sc1cc(O)n(CCCCCC(=O)NC(C(=O)NC(CCCNC(N)O)C(=O)Nc2ccc(COC(=O)N(C)CCN(C)C(=O)OCCOCC3(O)Cc4c(O)c5c(c(O)c4C(OC4CC6C(OC7C(OC)OCCN67)C(C)O4)C3)C(=O)c3c(OC)cccc3C5=O)cc2)C(C)C)c1O. The van der Waals surface area contributed by atoms with E-state index in [1.54, 1.807) is 44.2 Å². The van der Waals surface area contributed by atoms with Crippen molar-refractivity contribution in [1.29, 1.82) is 0 Å². The molecule has 32 heteroatoms. The standard InChI is InChI=1S/C72H101N9O22S/c1-10-43(11-2)104-50-34-52(83)81(66(50)90)26-14-12-13-20-51(82)77-58(39(3)4)65(89)76-46(18-16-25-74-69(73)91)64(88)75-42-23-21-41(22-24-42)37-100-71(93)79(7)28-27-78(6)70(92)99-32-31-97-38-72(94)35-45-55(62(87)57-56(60(45)85)59(84)44-17-15-19-48(95-8)54(44)61(57)86)49(36-72)102-53-33-47-63(40(5)101-53)103-67-68(96-9)98-30-29-80(47)67/h15,17,19,21-24,34,39-40,43,46-47,49,53,58,63,67-69,74,83,85,87,90-91,94H,10-14,16,18,20,25-33,35-38,73H2,1-9H3,(H,75,88)(H,76,89)(H,77,82). The molecular formula is C72H101N9O22S. The Morgan fingerprint density at radius 1 is 0.856 bits per heavy atom. The number of hydrogen-bond donors (Lipinski definition) is 11. The van der Waals surface area contributed by atoms with Crippen LogP contribution in [0.1, 0.15) is 153 Å². The topological polar surface area (TPSA) is 413 Å². The number of nitrogens with zero attached hydrogens (tertiary/aromatic N) is 4. The minimum Gasteiger partial charge on any atom is -0.507 e. The van der Waals surface area contributed by atoms with Gasteiger partial charge in [0.25, 0.3) is 0 Å². The van der Waals surface area contributed by atoms with Crippen molar-refractivity contribution in [2.75, 3.05) is 86.2 Å². The number of unbranched alkanes of at least 4 members (excludes halogenated alkanes) is 2. The summed E-state index contributed by atoms with van der Waals surface area (Å²) in [5.41, 5.74) is 3.50. The van der Waals surface area contributed by atoms with Crippen LogP contribution in [0.25, 0.3) is 0 Å². The molecule has 3 saturated heterocycles. The average molecular weight is 1480 g/mol. The van der Waals surface area contributed by atoms with Gasteiger partial charge in [-0.05, 0) is 81.7 Å². The second-order valence-electron chi connectivity index (χ2n) is 27.2. The van der Waals surface area contributed by atoms with Crippen molar-refractivity contribution in [3.05, 3.63) is 87.5 Å². The third-order valence-electron chi connectivity index (χ3n) is 19.5. The molecule has 0 bridgehead atoms. The van der Waals surface area contributed by atoms with Crippen molar-refractivity contribution in [2.45, 2.75) is 196 Å². The van der Waals surface area contributed by atoms with Crippen molar-refractivity contribution < 1.29 is 107 Å². The van der Waals surface area contributed by atoms with Crippen LogP contribution in [0.5, 0.6) is 29.0 Å². The van der Waals surface area contributed by atoms with Gasteiger partial charge in [0.1, 0.15) is 48.6 Å². The molecule has 104 heavy (non-hydrogen) atoms. The number of fused-ring (bicyclic) bond motifs is 6. The van der Waals surface area contributed by atoms with Crippen molar-refractivity contribution in [1.82, 2.24) is 35.2 Å². The van der Waals surface area contributed by atoms with Gasteiger partial charge >= 0.3 is 12.2 Å². The number of ether oxygens (including phenoxy) is 9. The summed E-state index contributed by atoms with van der Waals surface area (Å²) >= 11 is 1.53. The number of methoxy groups -OCH3 is 2. The van der Waals surface area contributed by atoms with Crippen molar-refractivity contribution in [2.24, 2.45) is 11.7 Å². The van der Waals surface area contributed by atoms with E-state index in [0.717, 1.165) is 12.8 Å². The Labute approximate surface area is 608 Å². The largest absolute Gasteiger partial charge is 0.507 e. The van der Waals surface area contributed by atoms with Crippen molar-refractivity contribution in [3.63, 3.8) is 0 Å². The van der Waals surface area contributed by atoms with E-state index in [4.69, 9.17) is 48.4 Å². The maximum atomic E-state index is 14.3. The van der Waals surface area contributed by atoms with Crippen LogP contribution in [0.4, 0.5) is 15.3 Å². The lowest BCUT2D eigenvalue weighted by Crippen LogP contribution is -2.55. The molecule has 4 heterocycles. The number of aromatic nitrogens is 1. The fourth-order valence-electron chi connectivity index (χ4n) is 13.8. The second-order valence-corrected chi connectivity index (χ2v) is 28.6. The predicted octanol–water partition coefficient (Wildman–Crippen LogP) is 5.43. The quantitative estimate of drug-likeness (QED) is 0.0104. The lowest BCUT2D eigenvalue weighted by atomic mass is 9.73. The first-order valence-electron chi connectivity index (χ1n) is 35.4. The molecule has 0 radical (unpaired) electrons. The lowest BCUT2D eigenvalue weighted by molar-refractivity contribution is -0.257. The van der Waals surface area contributed by atoms with Crippen LogP contribution < -0.4 is 31.7 Å². The summed E-state index contributed by atoms with van der Waals surface area (Å²) in [6.45, 7) is 10.1. The monoisotopic (exact) mass is 1480 g/mol. The van der Waals surface area contributed by atoms with Gasteiger partial charge in [-0.1, -0.05) is 58.4 Å². The van der Waals surface area contributed by atoms with Gasteiger partial charge in [0.15, 0.2) is 36.8 Å². The van der Waals surface area contributed by atoms with Gasteiger partial charge in [-0.3, -0.25) is 44.5 Å². The first-order chi connectivity index (χ1) is 49.7. The zero-order chi connectivity index (χ0) is 75.3. The number of aliphatic hydroxyl groups excluding tert-OH is 1. The molecule has 2 aliphatic carbocycles. The fourth-order valence-corrected chi connectivity index (χ4v) is 14.9. The number of carbonyl (C=O) groups is 7. The zero-order valence-corrected chi connectivity index (χ0v) is 61.2. The molecule has 31 nitrogen and oxygen atoms in total. The van der Waals surface area contributed by atoms with E-state index < -0.39 is 120 Å². The molecule has 11 unspecified atom stereocenters. The third kappa shape index (κ3) is 19.2. The second kappa shape index (κ2) is 36.4. The highest BCUT2D eigenvalue weighted by molar-refractivity contribution is 8.00. The first-order valence-corrected chi connectivity index (χ1v) is 36.3. The molecule has 3 aromatic carbocycles. The molecule has 5 aliphatic rings. The summed E-state index contributed by atoms with van der Waals surface area (Å²) in [6, 6.07) is 10.2. The molecular weight excluding hydrogens is 1370 g/mol. The number of nitrogens with two attached hydrogens (primary N) is 1. The Kier molecular flexibility index (Phi) is 28.1. The van der Waals surface area contributed by atoms with Crippen LogP contribution in [0.3, 0.4) is 0 Å². The predicted molar refractivity (Wildman–Crippen MR) is 377 cm³/mol. The molecule has 9 rings (SSSR count). The summed E-state index contributed by atoms with van der Waals surface area (Å²) in [5.74, 6) is -4.46. The minimum atomic E-state index is -1.84. The summed E-state index contributed by atoms with van der Waals surface area (Å²) in [5, 5.41) is 78.9. The number of likely N-dealkylation sites (N-methyl/N-ethyl adjacent to an activating group) is 2. The Morgan fingerprint density at radius 2 is 1.57 bits per heavy atom. The number of morpholine rings is 1. The first kappa shape index (κ1) is 80.2. The zero-order valence-electron chi connectivity index (χ0n) is 60.4. The molecule has 1 aromatic heterocycles. The van der Waals surface area contributed by atoms with Gasteiger partial charge in [-0.25, -0.2) is 9.59 Å². The molecule has 12 N–H and O–H groups in total. The molecule has 5 amide bonds. The molecule has 11 atom stereocenters. The van der Waals surface area contributed by atoms with Crippen LogP contribution >= 0.6 is 11.8 Å². The van der Waals surface area contributed by atoms with Gasteiger partial charge in [0, 0.05) is 113 Å². The number of phenols is 2. The summed E-state index contributed by atoms with van der Waals surface area (Å²) in [6.07, 6.45) is -3.21. The molecule has 3 aliphatic heterocycles. The molecule has 3 fully saturated rings. The van der Waals surface area contributed by atoms with E-state index in [1.165, 1.54) is 72.6 Å². The number of aliphatic hydroxyl groups is 2. The Balaban J connectivity index is 0.725. The average Bonchev–Trinajstić information content (AvgIpc) is 0.909. The van der Waals surface area contributed by atoms with Gasteiger partial charge < -0.3 is 99.0 Å². The smallest absolute Gasteiger partial charge is 0.409 e. The molecule has 4 aromatic rings. The number of rotatable bonds is 35. The van der Waals surface area contributed by atoms with E-state index in [0.29, 0.717) is 66.8 Å². The lowest BCUT2D eigenvalue weighted by Gasteiger charge is -2.43. The highest BCUT2D eigenvalue weighted by Gasteiger charge is 2.55. The molecule has 0 spiro atoms. The Hall–Kier alpha value is -7.86. The van der Waals surface area contributed by atoms with E-state index in [-0.39, 0.29) is 135 Å². The number of nitrogens with one attached hydrogen (secondary N) is 4. The van der Waals surface area contributed by atoms with Gasteiger partial charge in [0.05, 0.1) is 66.3 Å². The van der Waals surface area contributed by atoms with E-state index in [2.05, 4.69) is 40.0 Å². The third-order valence-corrected chi connectivity index (χ3v) is 21.0. The maximum absolute atomic E-state index is 14.3. The number of thioether (sulfide) groups is 1. The number of hydrogen-bond acceptors (Lipinski definition) is 26. The van der Waals surface area contributed by atoms with Crippen LogP contribution in [-0.4, -0.2) is 239 Å². The molecule has 0 saturated carbocycles. The summed E-state index contributed by atoms with van der Waals surface area (Å²) in [7, 11) is 5.84. The summed E-state index contributed by atoms with van der Waals surface area (Å²) < 4.78 is 54.7. The fraction of sp³-hybridized carbons (Fsp3) is 0.597. The number of anilines is 1. The van der Waals surface area contributed by atoms with Crippen LogP contribution in [-0.2, 0) is 71.9 Å². The highest BCUT2D eigenvalue weighted by atomic mass is 32.2. The number of amides is 5. The Morgan fingerprint density at radius 3 is 2.25 bits per heavy atom. The van der Waals surface area contributed by atoms with Crippen LogP contribution in [0.15, 0.2) is 53.4 Å². The minimum absolute atomic E-state index is 0.00879. The number of ketones is 2. The van der Waals surface area contributed by atoms with Gasteiger partial charge in [0.2, 0.25) is 29.4 Å². The van der Waals surface area contributed by atoms with E-state index >= 15 is 0 Å². The van der Waals surface area contributed by atoms with Crippen LogP contribution in [0.2, 0.25) is 0 Å². The highest BCUT2D eigenvalue weighted by Crippen LogP contribution is 2.53. The number of aromatic hydroxyl groups is 4. The number of phenolic OH excluding ortho intramolecular Hbond substituents is 2. The van der Waals surface area contributed by atoms with Crippen LogP contribution in [0, 0.1) is 5.92 Å². The molecule has 572 valence electrons. The number of benzene rings is 3. The Bertz CT molecular complexity index is 3670. The van der Waals surface area contributed by atoms with Crippen molar-refractivity contribution >= 4 is 58.9 Å². The van der Waals surface area contributed by atoms with E-state index in [1.807, 2.05) is 6.92 Å².